The van der Waals surface area contributed by atoms with Crippen LogP contribution in [0, 0.1) is 47.1 Å². The van der Waals surface area contributed by atoms with Crippen molar-refractivity contribution in [1.29, 1.82) is 15.8 Å². The Morgan fingerprint density at radius 1 is 0.361 bits per heavy atom. The number of rotatable bonds is 7. The summed E-state index contributed by atoms with van der Waals surface area (Å²) in [6.07, 6.45) is 1.82. The van der Waals surface area contributed by atoms with Gasteiger partial charge in [0.2, 0.25) is 0 Å². The van der Waals surface area contributed by atoms with Crippen LogP contribution in [-0.2, 0) is 0 Å². The zero-order chi connectivity index (χ0) is 48.9. The van der Waals surface area contributed by atoms with Gasteiger partial charge in [-0.1, -0.05) is 97.1 Å². The summed E-state index contributed by atoms with van der Waals surface area (Å²) in [5, 5.41) is 33.5. The molecule has 0 radical (unpaired) electrons. The summed E-state index contributed by atoms with van der Waals surface area (Å²) in [6.45, 7) is 15.0. The monoisotopic (exact) mass is 914 g/mol. The number of hydrogen-bond acceptors (Lipinski definition) is 4. The molecule has 9 aromatic carbocycles. The second-order valence-corrected chi connectivity index (χ2v) is 17.5. The SMILES string of the molecule is [C-]#[N+]c1ccc(-c2ccc3c(c2)c2cc(-c4ccc([N+]#[C-])cc4)ccc2n3-c2ccc(C#N)cc2-c2cc(-n3c4ccc(-c5ccc(C#N)cc5)cc4c4cc(-c5ccc(C#N)cc5)ccc43)ccn2)cc1. The lowest BCUT2D eigenvalue weighted by atomic mass is 9.99. The van der Waals surface area contributed by atoms with Crippen LogP contribution in [0.3, 0.4) is 0 Å². The van der Waals surface area contributed by atoms with E-state index in [1.54, 1.807) is 0 Å². The third-order valence-electron chi connectivity index (χ3n) is 13.5. The van der Waals surface area contributed by atoms with Crippen LogP contribution in [0.1, 0.15) is 16.7 Å². The zero-order valence-electron chi connectivity index (χ0n) is 38.2. The minimum Gasteiger partial charge on any atom is -0.309 e. The van der Waals surface area contributed by atoms with Crippen molar-refractivity contribution in [3.8, 4) is 85.3 Å². The normalized spacial score (nSPS) is 11.0. The van der Waals surface area contributed by atoms with E-state index >= 15 is 0 Å². The molecule has 0 N–H and O–H groups in total. The first-order chi connectivity index (χ1) is 35.4. The molecule has 0 atom stereocenters. The second kappa shape index (κ2) is 17.4. The van der Waals surface area contributed by atoms with E-state index in [-0.39, 0.29) is 0 Å². The molecular weight excluding hydrogens is 881 g/mol. The molecule has 72 heavy (non-hydrogen) atoms. The molecule has 0 saturated carbocycles. The van der Waals surface area contributed by atoms with Crippen LogP contribution in [0.2, 0.25) is 0 Å². The van der Waals surface area contributed by atoms with Gasteiger partial charge in [0, 0.05) is 39.0 Å². The van der Waals surface area contributed by atoms with E-state index in [1.165, 1.54) is 0 Å². The van der Waals surface area contributed by atoms with Crippen LogP contribution in [0.15, 0.2) is 206 Å². The number of hydrogen-bond donors (Lipinski definition) is 0. The molecule has 12 aromatic rings. The number of nitrogens with zero attached hydrogens (tertiary/aromatic N) is 8. The summed E-state index contributed by atoms with van der Waals surface area (Å²) in [6, 6.07) is 73.1. The van der Waals surface area contributed by atoms with Crippen molar-refractivity contribution in [2.45, 2.75) is 0 Å². The van der Waals surface area contributed by atoms with E-state index in [4.69, 9.17) is 18.1 Å². The summed E-state index contributed by atoms with van der Waals surface area (Å²) in [5.74, 6) is 0. The number of nitriles is 3. The Balaban J connectivity index is 1.05. The van der Waals surface area contributed by atoms with Crippen LogP contribution in [0.25, 0.3) is 120 Å². The highest BCUT2D eigenvalue weighted by atomic mass is 15.0. The molecule has 0 spiro atoms. The van der Waals surface area contributed by atoms with Gasteiger partial charge in [-0.15, -0.1) is 0 Å². The highest BCUT2D eigenvalue weighted by Crippen LogP contribution is 2.42. The predicted octanol–water partition coefficient (Wildman–Crippen LogP) is 16.3. The molecule has 330 valence electrons. The molecule has 8 nitrogen and oxygen atoms in total. The topological polar surface area (TPSA) is 103 Å². The first-order valence-electron chi connectivity index (χ1n) is 23.1. The van der Waals surface area contributed by atoms with Crippen molar-refractivity contribution >= 4 is 55.0 Å². The largest absolute Gasteiger partial charge is 0.309 e. The van der Waals surface area contributed by atoms with Crippen LogP contribution >= 0.6 is 0 Å². The summed E-state index contributed by atoms with van der Waals surface area (Å²) < 4.78 is 4.51. The maximum Gasteiger partial charge on any atom is 0.187 e. The summed E-state index contributed by atoms with van der Waals surface area (Å²) >= 11 is 0. The van der Waals surface area contributed by atoms with Gasteiger partial charge in [-0.05, 0) is 148 Å². The fourth-order valence-corrected chi connectivity index (χ4v) is 9.95. The molecule has 0 aliphatic heterocycles. The fourth-order valence-electron chi connectivity index (χ4n) is 9.95. The van der Waals surface area contributed by atoms with Crippen LogP contribution < -0.4 is 0 Å². The van der Waals surface area contributed by atoms with Gasteiger partial charge in [0.25, 0.3) is 0 Å². The van der Waals surface area contributed by atoms with Gasteiger partial charge in [-0.2, -0.15) is 15.8 Å². The van der Waals surface area contributed by atoms with Gasteiger partial charge in [0.15, 0.2) is 11.4 Å². The van der Waals surface area contributed by atoms with E-state index in [0.29, 0.717) is 33.8 Å². The predicted molar refractivity (Wildman–Crippen MR) is 287 cm³/mol. The zero-order valence-corrected chi connectivity index (χ0v) is 38.2. The van der Waals surface area contributed by atoms with Crippen LogP contribution in [0.4, 0.5) is 11.4 Å². The quantitative estimate of drug-likeness (QED) is 0.149. The van der Waals surface area contributed by atoms with Crippen LogP contribution in [-0.4, -0.2) is 14.1 Å². The van der Waals surface area contributed by atoms with Crippen molar-refractivity contribution in [2.24, 2.45) is 0 Å². The van der Waals surface area contributed by atoms with Gasteiger partial charge >= 0.3 is 0 Å². The van der Waals surface area contributed by atoms with Crippen molar-refractivity contribution in [2.75, 3.05) is 0 Å². The Bertz CT molecular complexity index is 4180. The maximum atomic E-state index is 10.4. The molecule has 8 heteroatoms. The van der Waals surface area contributed by atoms with E-state index in [2.05, 4.69) is 116 Å². The lowest BCUT2D eigenvalue weighted by Gasteiger charge is -2.16. The molecule has 0 bridgehead atoms. The highest BCUT2D eigenvalue weighted by molar-refractivity contribution is 6.13. The molecule has 0 aliphatic rings. The average molecular weight is 915 g/mol. The highest BCUT2D eigenvalue weighted by Gasteiger charge is 2.21. The van der Waals surface area contributed by atoms with E-state index in [9.17, 15) is 15.8 Å². The molecule has 0 aliphatic carbocycles. The smallest absolute Gasteiger partial charge is 0.187 e. The third-order valence-corrected chi connectivity index (χ3v) is 13.5. The number of benzene rings is 9. The Morgan fingerprint density at radius 2 is 0.722 bits per heavy atom. The summed E-state index contributed by atoms with van der Waals surface area (Å²) in [5.41, 5.74) is 18.0. The van der Waals surface area contributed by atoms with Crippen molar-refractivity contribution < 1.29 is 0 Å². The van der Waals surface area contributed by atoms with Gasteiger partial charge in [-0.3, -0.25) is 4.98 Å². The number of fused-ring (bicyclic) bond motifs is 6. The Kier molecular flexibility index (Phi) is 10.3. The van der Waals surface area contributed by atoms with E-state index < -0.39 is 0 Å². The molecule has 3 aromatic heterocycles. The van der Waals surface area contributed by atoms with E-state index in [0.717, 1.165) is 105 Å². The lowest BCUT2D eigenvalue weighted by molar-refractivity contribution is 1.14. The van der Waals surface area contributed by atoms with Crippen molar-refractivity contribution in [3.63, 3.8) is 0 Å². The fraction of sp³-hybridized carbons (Fsp3) is 0. The van der Waals surface area contributed by atoms with Crippen molar-refractivity contribution in [3.05, 3.63) is 246 Å². The molecule has 0 amide bonds. The van der Waals surface area contributed by atoms with E-state index in [1.807, 2.05) is 128 Å². The Hall–Kier alpha value is -10.8. The maximum absolute atomic E-state index is 10.4. The van der Waals surface area contributed by atoms with Gasteiger partial charge in [0.1, 0.15) is 0 Å². The molecule has 0 fully saturated rings. The van der Waals surface area contributed by atoms with Gasteiger partial charge in [0.05, 0.1) is 81.5 Å². The Morgan fingerprint density at radius 3 is 1.11 bits per heavy atom. The first-order valence-corrected chi connectivity index (χ1v) is 23.1. The minimum atomic E-state index is 0.500. The second-order valence-electron chi connectivity index (χ2n) is 17.5. The van der Waals surface area contributed by atoms with Gasteiger partial charge in [-0.25, -0.2) is 9.69 Å². The summed E-state index contributed by atoms with van der Waals surface area (Å²) in [7, 11) is 0. The van der Waals surface area contributed by atoms with Gasteiger partial charge < -0.3 is 9.13 Å². The first kappa shape index (κ1) is 42.5. The molecular formula is C64H34N8. The summed E-state index contributed by atoms with van der Waals surface area (Å²) in [4.78, 5) is 12.2. The molecule has 0 saturated heterocycles. The minimum absolute atomic E-state index is 0.500. The average Bonchev–Trinajstić information content (AvgIpc) is 3.96. The van der Waals surface area contributed by atoms with Crippen LogP contribution in [0.5, 0.6) is 0 Å². The third kappa shape index (κ3) is 7.25. The van der Waals surface area contributed by atoms with Crippen molar-refractivity contribution in [1.82, 2.24) is 14.1 Å². The molecule has 3 heterocycles. The number of pyridine rings is 1. The number of aromatic nitrogens is 3. The molecule has 12 rings (SSSR count). The Labute approximate surface area is 414 Å². The lowest BCUT2D eigenvalue weighted by Crippen LogP contribution is -2.01. The molecule has 0 unspecified atom stereocenters. The standard InChI is InChI=1S/C64H34N8/c1-68-51-20-12-45(13-21-51)49-18-27-62-56(34-49)57-35-50(46-14-22-52(69-2)23-15-46)19-28-63(57)72(62)64-24-7-42(39-67)31-58(64)59-36-53(29-30-70-59)71-60-25-16-47(43-8-3-40(37-65)4-9-43)32-54(60)55-33-48(17-26-61(55)71)44-10-5-41(38-66)6-11-44/h3-36H.